The van der Waals surface area contributed by atoms with Gasteiger partial charge in [-0.25, -0.2) is 4.39 Å². The highest BCUT2D eigenvalue weighted by atomic mass is 32.1. The fourth-order valence-electron chi connectivity index (χ4n) is 3.66. The summed E-state index contributed by atoms with van der Waals surface area (Å²) in [6.07, 6.45) is 2.09. The molecule has 0 saturated heterocycles. The van der Waals surface area contributed by atoms with E-state index in [1.807, 2.05) is 17.5 Å². The van der Waals surface area contributed by atoms with E-state index in [-0.39, 0.29) is 23.8 Å². The second-order valence-electron chi connectivity index (χ2n) is 6.84. The van der Waals surface area contributed by atoms with E-state index in [4.69, 9.17) is 0 Å². The maximum atomic E-state index is 13.3. The summed E-state index contributed by atoms with van der Waals surface area (Å²) in [5, 5.41) is 5.13. The lowest BCUT2D eigenvalue weighted by Crippen LogP contribution is -2.44. The monoisotopic (exact) mass is 383 g/mol. The molecule has 0 radical (unpaired) electrons. The lowest BCUT2D eigenvalue weighted by atomic mass is 10.1. The summed E-state index contributed by atoms with van der Waals surface area (Å²) in [7, 11) is 0. The fraction of sp³-hybridized carbons (Fsp3) is 0.286. The van der Waals surface area contributed by atoms with Crippen LogP contribution >= 0.6 is 11.3 Å². The van der Waals surface area contributed by atoms with Crippen molar-refractivity contribution < 1.29 is 9.18 Å². The van der Waals surface area contributed by atoms with Gasteiger partial charge in [0.2, 0.25) is 5.91 Å². The zero-order valence-electron chi connectivity index (χ0n) is 15.1. The van der Waals surface area contributed by atoms with E-state index >= 15 is 0 Å². The molecule has 0 fully saturated rings. The van der Waals surface area contributed by atoms with Crippen molar-refractivity contribution in [2.24, 2.45) is 0 Å². The van der Waals surface area contributed by atoms with Gasteiger partial charge in [0.15, 0.2) is 0 Å². The third-order valence-corrected chi connectivity index (χ3v) is 6.09. The third kappa shape index (κ3) is 3.82. The van der Waals surface area contributed by atoms with Gasteiger partial charge < -0.3 is 9.88 Å². The smallest absolute Gasteiger partial charge is 0.234 e. The molecule has 0 saturated carbocycles. The number of carbonyl (C=O) groups excluding carboxylic acids is 1. The van der Waals surface area contributed by atoms with E-state index in [1.54, 1.807) is 23.5 Å². The Morgan fingerprint density at radius 1 is 1.22 bits per heavy atom. The minimum atomic E-state index is -0.278. The van der Waals surface area contributed by atoms with Gasteiger partial charge in [0.25, 0.3) is 0 Å². The van der Waals surface area contributed by atoms with Crippen LogP contribution in [-0.4, -0.2) is 28.5 Å². The SMILES string of the molecule is C[C@H]1c2cccn2CCN1CC(=O)N[C@@H](c1ccc(F)cc1)c1cccs1. The first-order valence-electron chi connectivity index (χ1n) is 9.09. The second kappa shape index (κ2) is 7.66. The van der Waals surface area contributed by atoms with Crippen LogP contribution in [0.2, 0.25) is 0 Å². The molecule has 140 valence electrons. The van der Waals surface area contributed by atoms with Crippen molar-refractivity contribution in [2.75, 3.05) is 13.1 Å². The number of hydrogen-bond acceptors (Lipinski definition) is 3. The number of carbonyl (C=O) groups is 1. The number of amides is 1. The van der Waals surface area contributed by atoms with Crippen molar-refractivity contribution in [3.8, 4) is 0 Å². The first-order valence-corrected chi connectivity index (χ1v) is 9.97. The Morgan fingerprint density at radius 3 is 2.78 bits per heavy atom. The van der Waals surface area contributed by atoms with E-state index in [9.17, 15) is 9.18 Å². The number of hydrogen-bond donors (Lipinski definition) is 1. The Hall–Kier alpha value is -2.44. The molecule has 27 heavy (non-hydrogen) atoms. The van der Waals surface area contributed by atoms with Crippen molar-refractivity contribution in [2.45, 2.75) is 25.6 Å². The maximum absolute atomic E-state index is 13.3. The summed E-state index contributed by atoms with van der Waals surface area (Å²) in [4.78, 5) is 16.1. The van der Waals surface area contributed by atoms with Gasteiger partial charge in [-0.3, -0.25) is 9.69 Å². The highest BCUT2D eigenvalue weighted by Gasteiger charge is 2.26. The van der Waals surface area contributed by atoms with Crippen molar-refractivity contribution in [3.63, 3.8) is 0 Å². The molecule has 6 heteroatoms. The molecular formula is C21H22FN3OS. The topological polar surface area (TPSA) is 37.3 Å². The highest BCUT2D eigenvalue weighted by molar-refractivity contribution is 7.10. The third-order valence-electron chi connectivity index (χ3n) is 5.15. The van der Waals surface area contributed by atoms with Crippen LogP contribution in [0.25, 0.3) is 0 Å². The van der Waals surface area contributed by atoms with Gasteiger partial charge in [-0.15, -0.1) is 11.3 Å². The standard InChI is InChI=1S/C21H22FN3OS/c1-15-18-4-2-10-24(18)11-12-25(15)14-20(26)23-21(19-5-3-13-27-19)16-6-8-17(22)9-7-16/h2-10,13,15,21H,11-12,14H2,1H3,(H,23,26)/t15-,21-/m0/s1. The van der Waals surface area contributed by atoms with E-state index in [1.165, 1.54) is 17.8 Å². The molecule has 1 amide bonds. The first kappa shape index (κ1) is 17.9. The molecule has 1 aliphatic rings. The van der Waals surface area contributed by atoms with Gasteiger partial charge in [-0.1, -0.05) is 18.2 Å². The van der Waals surface area contributed by atoms with Gasteiger partial charge >= 0.3 is 0 Å². The molecule has 2 atom stereocenters. The van der Waals surface area contributed by atoms with Crippen molar-refractivity contribution in [3.05, 3.63) is 82.1 Å². The van der Waals surface area contributed by atoms with Gasteiger partial charge in [-0.05, 0) is 48.2 Å². The van der Waals surface area contributed by atoms with Crippen LogP contribution in [0.15, 0.2) is 60.1 Å². The Balaban J connectivity index is 1.48. The van der Waals surface area contributed by atoms with Crippen LogP contribution in [0.3, 0.4) is 0 Å². The van der Waals surface area contributed by atoms with Crippen molar-refractivity contribution in [1.29, 1.82) is 0 Å². The van der Waals surface area contributed by atoms with Crippen LogP contribution in [0.4, 0.5) is 4.39 Å². The van der Waals surface area contributed by atoms with Crippen molar-refractivity contribution >= 4 is 17.2 Å². The molecule has 0 spiro atoms. The number of thiophene rings is 1. The van der Waals surface area contributed by atoms with Crippen LogP contribution in [0.5, 0.6) is 0 Å². The molecule has 1 aromatic carbocycles. The lowest BCUT2D eigenvalue weighted by Gasteiger charge is -2.34. The molecule has 1 N–H and O–H groups in total. The average Bonchev–Trinajstić information content (AvgIpc) is 3.35. The van der Waals surface area contributed by atoms with Gasteiger partial charge in [-0.2, -0.15) is 0 Å². The number of rotatable bonds is 5. The predicted octanol–water partition coefficient (Wildman–Crippen LogP) is 3.97. The Kier molecular flexibility index (Phi) is 5.09. The Labute approximate surface area is 162 Å². The van der Waals surface area contributed by atoms with E-state index in [2.05, 4.69) is 40.0 Å². The van der Waals surface area contributed by atoms with Gasteiger partial charge in [0.05, 0.1) is 12.6 Å². The minimum absolute atomic E-state index is 0.0235. The normalized spacial score (nSPS) is 18.1. The molecule has 0 aliphatic carbocycles. The summed E-state index contributed by atoms with van der Waals surface area (Å²) >= 11 is 1.59. The summed E-state index contributed by atoms with van der Waals surface area (Å²) in [5.41, 5.74) is 2.12. The quantitative estimate of drug-likeness (QED) is 0.724. The second-order valence-corrected chi connectivity index (χ2v) is 7.82. The number of aromatic nitrogens is 1. The van der Waals surface area contributed by atoms with Crippen LogP contribution in [0, 0.1) is 5.82 Å². The van der Waals surface area contributed by atoms with E-state index in [0.717, 1.165) is 23.5 Å². The molecule has 3 aromatic rings. The first-order chi connectivity index (χ1) is 13.1. The molecule has 2 aromatic heterocycles. The molecular weight excluding hydrogens is 361 g/mol. The number of benzene rings is 1. The fourth-order valence-corrected chi connectivity index (χ4v) is 4.47. The molecule has 1 aliphatic heterocycles. The summed E-state index contributed by atoms with van der Waals surface area (Å²) < 4.78 is 15.6. The average molecular weight is 383 g/mol. The minimum Gasteiger partial charge on any atom is -0.349 e. The zero-order valence-corrected chi connectivity index (χ0v) is 16.0. The van der Waals surface area contributed by atoms with Crippen LogP contribution in [-0.2, 0) is 11.3 Å². The van der Waals surface area contributed by atoms with Gasteiger partial charge in [0.1, 0.15) is 5.82 Å². The Morgan fingerprint density at radius 2 is 2.04 bits per heavy atom. The summed E-state index contributed by atoms with van der Waals surface area (Å²) in [5.74, 6) is -0.301. The summed E-state index contributed by atoms with van der Waals surface area (Å²) in [6.45, 7) is 4.22. The molecule has 4 rings (SSSR count). The number of nitrogens with zero attached hydrogens (tertiary/aromatic N) is 2. The molecule has 0 bridgehead atoms. The lowest BCUT2D eigenvalue weighted by molar-refractivity contribution is -0.123. The van der Waals surface area contributed by atoms with E-state index in [0.29, 0.717) is 6.54 Å². The largest absolute Gasteiger partial charge is 0.349 e. The van der Waals surface area contributed by atoms with E-state index < -0.39 is 0 Å². The summed E-state index contributed by atoms with van der Waals surface area (Å²) in [6, 6.07) is 14.4. The molecule has 0 unspecified atom stereocenters. The van der Waals surface area contributed by atoms with Crippen molar-refractivity contribution in [1.82, 2.24) is 14.8 Å². The number of fused-ring (bicyclic) bond motifs is 1. The predicted molar refractivity (Wildman–Crippen MR) is 105 cm³/mol. The number of nitrogens with one attached hydrogen (secondary N) is 1. The van der Waals surface area contributed by atoms with Crippen LogP contribution in [0.1, 0.15) is 35.1 Å². The molecule has 4 nitrogen and oxygen atoms in total. The maximum Gasteiger partial charge on any atom is 0.234 e. The molecule has 3 heterocycles. The Bertz CT molecular complexity index is 904. The zero-order chi connectivity index (χ0) is 18.8. The highest BCUT2D eigenvalue weighted by Crippen LogP contribution is 2.27. The van der Waals surface area contributed by atoms with Crippen LogP contribution < -0.4 is 5.32 Å². The number of halogens is 1. The van der Waals surface area contributed by atoms with Gasteiger partial charge in [0, 0.05) is 35.9 Å².